The van der Waals surface area contributed by atoms with Gasteiger partial charge < -0.3 is 24.8 Å². The fourth-order valence-electron chi connectivity index (χ4n) is 6.97. The summed E-state index contributed by atoms with van der Waals surface area (Å²) < 4.78 is 1.51. The molecule has 6 rings (SSSR count). The van der Waals surface area contributed by atoms with Crippen LogP contribution in [0.3, 0.4) is 0 Å². The Kier molecular flexibility index (Phi) is 12.5. The van der Waals surface area contributed by atoms with Gasteiger partial charge in [0.05, 0.1) is 0 Å². The summed E-state index contributed by atoms with van der Waals surface area (Å²) in [4.78, 5) is 0. The van der Waals surface area contributed by atoms with Crippen LogP contribution < -0.4 is 24.8 Å². The maximum Gasteiger partial charge on any atom is -0.0635 e. The maximum absolute atomic E-state index is 3.85. The van der Waals surface area contributed by atoms with E-state index in [0.717, 1.165) is 6.42 Å². The Morgan fingerprint density at radius 2 is 1.19 bits per heavy atom. The quantitative estimate of drug-likeness (QED) is 0.186. The van der Waals surface area contributed by atoms with E-state index in [1.54, 1.807) is 24.2 Å². The average Bonchev–Trinajstić information content (AvgIpc) is 3.58. The van der Waals surface area contributed by atoms with E-state index in [2.05, 4.69) is 165 Å². The van der Waals surface area contributed by atoms with Gasteiger partial charge in [0.25, 0.3) is 0 Å². The Morgan fingerprint density at radius 1 is 0.702 bits per heavy atom. The largest absolute Gasteiger partial charge is 1.00 e. The van der Waals surface area contributed by atoms with Crippen molar-refractivity contribution in [3.8, 4) is 11.1 Å². The van der Waals surface area contributed by atoms with Gasteiger partial charge in [-0.05, 0) is 62.3 Å². The number of halogens is 2. The molecule has 0 nitrogen and oxygen atoms in total. The number of aryl methyl sites for hydroxylation is 1. The normalized spacial score (nSPS) is 16.4. The molecule has 47 heavy (non-hydrogen) atoms. The van der Waals surface area contributed by atoms with Gasteiger partial charge in [-0.1, -0.05) is 126 Å². The molecule has 3 aromatic rings. The summed E-state index contributed by atoms with van der Waals surface area (Å²) in [6.07, 6.45) is 7.41. The average molecular weight is 749 g/mol. The summed E-state index contributed by atoms with van der Waals surface area (Å²) in [6, 6.07) is 16.6. The third kappa shape index (κ3) is 8.86. The minimum Gasteiger partial charge on any atom is -1.00 e. The van der Waals surface area contributed by atoms with Crippen LogP contribution in [-0.2, 0) is 46.9 Å². The van der Waals surface area contributed by atoms with Crippen LogP contribution in [0.1, 0.15) is 148 Å². The van der Waals surface area contributed by atoms with Gasteiger partial charge in [0.1, 0.15) is 0 Å². The van der Waals surface area contributed by atoms with Gasteiger partial charge in [-0.25, -0.2) is 11.6 Å². The molecule has 0 spiro atoms. The summed E-state index contributed by atoms with van der Waals surface area (Å²) in [5.41, 5.74) is 18.0. The van der Waals surface area contributed by atoms with Crippen molar-refractivity contribution >= 4 is 14.4 Å². The van der Waals surface area contributed by atoms with Crippen LogP contribution in [0.4, 0.5) is 0 Å². The molecule has 0 saturated carbocycles. The molecule has 0 amide bonds. The first-order valence-corrected chi connectivity index (χ1v) is 18.1. The summed E-state index contributed by atoms with van der Waals surface area (Å²) >= 11 is 1.55. The molecule has 0 atom stereocenters. The summed E-state index contributed by atoms with van der Waals surface area (Å²) in [7, 11) is 0. The zero-order valence-corrected chi connectivity index (χ0v) is 36.1. The van der Waals surface area contributed by atoms with Gasteiger partial charge in [-0.2, -0.15) is 28.8 Å². The van der Waals surface area contributed by atoms with E-state index in [-0.39, 0.29) is 46.5 Å². The Labute approximate surface area is 315 Å². The van der Waals surface area contributed by atoms with Gasteiger partial charge in [0.15, 0.2) is 0 Å². The fraction of sp³-hybridized carbons (Fsp3) is 0.500. The van der Waals surface area contributed by atoms with E-state index < -0.39 is 0 Å². The Hall–Kier alpha value is -1.40. The van der Waals surface area contributed by atoms with Crippen molar-refractivity contribution in [2.45, 2.75) is 133 Å². The molecule has 0 saturated heterocycles. The van der Waals surface area contributed by atoms with E-state index in [9.17, 15) is 0 Å². The first-order chi connectivity index (χ1) is 20.3. The molecule has 0 aromatic heterocycles. The summed E-state index contributed by atoms with van der Waals surface area (Å²) in [5, 5.41) is 0. The third-order valence-electron chi connectivity index (χ3n) is 9.36. The second kappa shape index (κ2) is 14.1. The third-order valence-corrected chi connectivity index (χ3v) is 9.36. The molecule has 254 valence electrons. The topological polar surface area (TPSA) is 0 Å². The second-order valence-electron chi connectivity index (χ2n) is 18.1. The number of hydrogen-bond acceptors (Lipinski definition) is 0. The van der Waals surface area contributed by atoms with Gasteiger partial charge in [0, 0.05) is 5.41 Å². The van der Waals surface area contributed by atoms with E-state index in [4.69, 9.17) is 0 Å². The van der Waals surface area contributed by atoms with Crippen molar-refractivity contribution in [3.63, 3.8) is 0 Å². The molecule has 0 heterocycles. The van der Waals surface area contributed by atoms with Gasteiger partial charge >= 0.3 is 41.3 Å². The van der Waals surface area contributed by atoms with Gasteiger partial charge in [0.2, 0.25) is 0 Å². The SMILES string of the molecule is CC(C)(C)C1=[C-]C(C)(C)c2cc3c(cc21)-c1cc2c(cc1C3)C(C)(C)C=C2C(C)(C)C.C[C](C)=[Zr+2].Cc1cc(C(C)(C)C)c[cH-]1.[Cl-].[Cl-]. The van der Waals surface area contributed by atoms with Crippen molar-refractivity contribution in [2.24, 2.45) is 10.8 Å². The van der Waals surface area contributed by atoms with Crippen LogP contribution >= 0.6 is 0 Å². The zero-order chi connectivity index (χ0) is 34.1. The molecule has 3 aliphatic rings. The zero-order valence-electron chi connectivity index (χ0n) is 32.1. The predicted octanol–water partition coefficient (Wildman–Crippen LogP) is 6.27. The molecule has 0 bridgehead atoms. The summed E-state index contributed by atoms with van der Waals surface area (Å²) in [5.74, 6) is 0. The molecule has 0 unspecified atom stereocenters. The molecule has 0 aliphatic heterocycles. The molecule has 0 N–H and O–H groups in total. The Morgan fingerprint density at radius 3 is 1.60 bits per heavy atom. The first-order valence-electron chi connectivity index (χ1n) is 16.8. The minimum atomic E-state index is -0.0202. The van der Waals surface area contributed by atoms with Crippen LogP contribution in [-0.4, -0.2) is 3.21 Å². The monoisotopic (exact) mass is 746 g/mol. The molecule has 3 heteroatoms. The Bertz CT molecular complexity index is 1600. The predicted molar refractivity (Wildman–Crippen MR) is 196 cm³/mol. The summed E-state index contributed by atoms with van der Waals surface area (Å²) in [6.45, 7) is 36.4. The fourth-order valence-corrected chi connectivity index (χ4v) is 6.97. The second-order valence-corrected chi connectivity index (χ2v) is 20.6. The number of allylic oxidation sites excluding steroid dienone is 4. The van der Waals surface area contributed by atoms with Crippen LogP contribution in [0.15, 0.2) is 48.5 Å². The standard InChI is InChI=1S/C31H37.C10H15.C3H6.2ClH.Zr/c1-28(2,3)26-16-30(7,8)24-12-18-11-19-13-25-23(15-21(19)20(18)14-22(24)26)27(29(4,5)6)17-31(25,9)10;1-8-5-6-9(7-8)10(2,3)4;1-3-2;;;/h12-16H,11H2,1-10H3;5-7H,1-4H3;1-2H3;2*1H;/q2*-1;;;;+2/p-2. The molecule has 0 fully saturated rings. The van der Waals surface area contributed by atoms with E-state index >= 15 is 0 Å². The van der Waals surface area contributed by atoms with Gasteiger partial charge in [-0.3, -0.25) is 6.08 Å². The number of rotatable bonds is 0. The van der Waals surface area contributed by atoms with Crippen molar-refractivity contribution in [1.29, 1.82) is 0 Å². The number of fused-ring (bicyclic) bond motifs is 5. The molecule has 3 aromatic carbocycles. The number of benzene rings is 2. The Balaban J connectivity index is 0.000000404. The van der Waals surface area contributed by atoms with Crippen molar-refractivity contribution in [3.05, 3.63) is 99.1 Å². The molecular weight excluding hydrogens is 691 g/mol. The van der Waals surface area contributed by atoms with Crippen molar-refractivity contribution < 1.29 is 49.0 Å². The first kappa shape index (κ1) is 41.8. The van der Waals surface area contributed by atoms with Crippen LogP contribution in [0.5, 0.6) is 0 Å². The molecule has 0 radical (unpaired) electrons. The number of hydrogen-bond donors (Lipinski definition) is 0. The van der Waals surface area contributed by atoms with Crippen LogP contribution in [0.25, 0.3) is 22.3 Å². The van der Waals surface area contributed by atoms with Crippen molar-refractivity contribution in [2.75, 3.05) is 0 Å². The maximum atomic E-state index is 3.85. The minimum absolute atomic E-state index is 0. The van der Waals surface area contributed by atoms with Crippen LogP contribution in [0.2, 0.25) is 0 Å². The van der Waals surface area contributed by atoms with E-state index in [1.807, 2.05) is 0 Å². The van der Waals surface area contributed by atoms with E-state index in [1.165, 1.54) is 70.0 Å². The van der Waals surface area contributed by atoms with E-state index in [0.29, 0.717) is 5.41 Å². The smallest absolute Gasteiger partial charge is 0.0635 e. The van der Waals surface area contributed by atoms with Crippen molar-refractivity contribution in [1.82, 2.24) is 0 Å². The van der Waals surface area contributed by atoms with Gasteiger partial charge in [-0.15, -0.1) is 11.6 Å². The molecular formula is C44H58Cl2Zr-2. The van der Waals surface area contributed by atoms with Crippen LogP contribution in [0, 0.1) is 23.8 Å². The molecule has 3 aliphatic carbocycles.